The maximum absolute atomic E-state index is 13.1. The number of aromatic nitrogens is 2. The number of hydrogen-bond donors (Lipinski definition) is 1. The van der Waals surface area contributed by atoms with Crippen molar-refractivity contribution < 1.29 is 22.5 Å². The quantitative estimate of drug-likeness (QED) is 0.619. The van der Waals surface area contributed by atoms with Crippen molar-refractivity contribution in [3.8, 4) is 0 Å². The number of carbonyl (C=O) groups excluding carboxylic acids is 1. The van der Waals surface area contributed by atoms with E-state index in [1.807, 2.05) is 0 Å². The number of anilines is 2. The zero-order valence-electron chi connectivity index (χ0n) is 16.8. The number of halogens is 3. The maximum Gasteiger partial charge on any atom is 0.416 e. The predicted molar refractivity (Wildman–Crippen MR) is 108 cm³/mol. The molecule has 0 unspecified atom stereocenters. The molecule has 6 nitrogen and oxygen atoms in total. The number of piperidine rings is 1. The van der Waals surface area contributed by atoms with Crippen molar-refractivity contribution in [3.05, 3.63) is 71.4 Å². The zero-order valence-corrected chi connectivity index (χ0v) is 16.8. The largest absolute Gasteiger partial charge is 0.416 e. The summed E-state index contributed by atoms with van der Waals surface area (Å²) in [6, 6.07) is 11.7. The highest BCUT2D eigenvalue weighted by Gasteiger charge is 2.31. The van der Waals surface area contributed by atoms with Crippen LogP contribution in [0.5, 0.6) is 0 Å². The van der Waals surface area contributed by atoms with Gasteiger partial charge in [0.25, 0.3) is 5.91 Å². The second-order valence-corrected chi connectivity index (χ2v) is 7.50. The summed E-state index contributed by atoms with van der Waals surface area (Å²) in [6.45, 7) is 2.83. The molecule has 31 heavy (non-hydrogen) atoms. The Morgan fingerprint density at radius 1 is 1.13 bits per heavy atom. The van der Waals surface area contributed by atoms with Gasteiger partial charge < -0.3 is 14.7 Å². The molecule has 162 valence electrons. The van der Waals surface area contributed by atoms with Crippen molar-refractivity contribution in [1.82, 2.24) is 15.0 Å². The van der Waals surface area contributed by atoms with Crippen LogP contribution in [0.25, 0.3) is 0 Å². The summed E-state index contributed by atoms with van der Waals surface area (Å²) in [5.41, 5.74) is 0.383. The van der Waals surface area contributed by atoms with Crippen molar-refractivity contribution in [2.75, 3.05) is 18.4 Å². The number of amides is 1. The van der Waals surface area contributed by atoms with Gasteiger partial charge in [-0.1, -0.05) is 23.4 Å². The number of alkyl halides is 3. The van der Waals surface area contributed by atoms with E-state index in [1.165, 1.54) is 12.1 Å². The molecule has 1 saturated heterocycles. The predicted octanol–water partition coefficient (Wildman–Crippen LogP) is 5.16. The first-order valence-corrected chi connectivity index (χ1v) is 9.94. The Hall–Kier alpha value is -3.36. The lowest BCUT2D eigenvalue weighted by Crippen LogP contribution is -2.38. The molecular formula is C22H21F3N4O2. The number of carbonyl (C=O) groups is 1. The number of aryl methyl sites for hydroxylation is 1. The second-order valence-electron chi connectivity index (χ2n) is 7.50. The molecule has 0 spiro atoms. The van der Waals surface area contributed by atoms with Crippen LogP contribution in [0.4, 0.5) is 24.5 Å². The topological polar surface area (TPSA) is 71.3 Å². The van der Waals surface area contributed by atoms with Crippen LogP contribution in [0.15, 0.2) is 53.1 Å². The van der Waals surface area contributed by atoms with Gasteiger partial charge in [0.2, 0.25) is 5.89 Å². The highest BCUT2D eigenvalue weighted by molar-refractivity contribution is 6.00. The van der Waals surface area contributed by atoms with Crippen LogP contribution in [-0.2, 0) is 6.18 Å². The lowest BCUT2D eigenvalue weighted by atomic mass is 9.96. The van der Waals surface area contributed by atoms with Gasteiger partial charge >= 0.3 is 6.18 Å². The van der Waals surface area contributed by atoms with E-state index in [0.717, 1.165) is 12.1 Å². The highest BCUT2D eigenvalue weighted by atomic mass is 19.4. The number of likely N-dealkylation sites (tertiary alicyclic amines) is 1. The van der Waals surface area contributed by atoms with Crippen LogP contribution < -0.4 is 5.32 Å². The molecule has 0 atom stereocenters. The molecule has 1 aliphatic heterocycles. The van der Waals surface area contributed by atoms with E-state index in [9.17, 15) is 18.0 Å². The summed E-state index contributed by atoms with van der Waals surface area (Å²) in [6.07, 6.45) is -3.03. The fraction of sp³-hybridized carbons (Fsp3) is 0.318. The van der Waals surface area contributed by atoms with Gasteiger partial charge in [0, 0.05) is 24.7 Å². The van der Waals surface area contributed by atoms with Gasteiger partial charge in [-0.05, 0) is 50.1 Å². The van der Waals surface area contributed by atoms with Crippen molar-refractivity contribution in [1.29, 1.82) is 0 Å². The van der Waals surface area contributed by atoms with E-state index < -0.39 is 11.7 Å². The van der Waals surface area contributed by atoms with E-state index in [4.69, 9.17) is 4.52 Å². The molecule has 1 aliphatic rings. The normalized spacial score (nSPS) is 15.2. The molecule has 0 bridgehead atoms. The summed E-state index contributed by atoms with van der Waals surface area (Å²) in [5.74, 6) is 1.12. The number of hydrogen-bond acceptors (Lipinski definition) is 5. The Kier molecular flexibility index (Phi) is 5.67. The molecule has 0 saturated carbocycles. The summed E-state index contributed by atoms with van der Waals surface area (Å²) in [4.78, 5) is 19.2. The van der Waals surface area contributed by atoms with Gasteiger partial charge in [0.05, 0.1) is 16.8 Å². The molecule has 1 fully saturated rings. The van der Waals surface area contributed by atoms with E-state index in [0.29, 0.717) is 48.9 Å². The summed E-state index contributed by atoms with van der Waals surface area (Å²) in [5, 5.41) is 6.78. The number of benzene rings is 2. The number of para-hydroxylation sites is 1. The van der Waals surface area contributed by atoms with Crippen LogP contribution in [0.2, 0.25) is 0 Å². The van der Waals surface area contributed by atoms with E-state index in [1.54, 1.807) is 36.1 Å². The first-order chi connectivity index (χ1) is 14.8. The number of rotatable bonds is 4. The number of nitrogens with zero attached hydrogens (tertiary/aromatic N) is 3. The van der Waals surface area contributed by atoms with Crippen LogP contribution in [0.1, 0.15) is 46.4 Å². The smallest absolute Gasteiger partial charge is 0.355 e. The Morgan fingerprint density at radius 3 is 2.55 bits per heavy atom. The molecule has 1 N–H and O–H groups in total. The van der Waals surface area contributed by atoms with Gasteiger partial charge in [-0.25, -0.2) is 0 Å². The average Bonchev–Trinajstić information content (AvgIpc) is 3.20. The van der Waals surface area contributed by atoms with Gasteiger partial charge in [-0.3, -0.25) is 4.79 Å². The van der Waals surface area contributed by atoms with Crippen LogP contribution in [-0.4, -0.2) is 34.0 Å². The van der Waals surface area contributed by atoms with Gasteiger partial charge in [0.1, 0.15) is 0 Å². The lowest BCUT2D eigenvalue weighted by molar-refractivity contribution is -0.137. The first-order valence-electron chi connectivity index (χ1n) is 9.94. The molecule has 0 aliphatic carbocycles. The summed E-state index contributed by atoms with van der Waals surface area (Å²) < 4.78 is 44.3. The second kappa shape index (κ2) is 8.41. The average molecular weight is 430 g/mol. The van der Waals surface area contributed by atoms with E-state index >= 15 is 0 Å². The summed E-state index contributed by atoms with van der Waals surface area (Å²) in [7, 11) is 0. The fourth-order valence-electron chi connectivity index (χ4n) is 3.69. The first kappa shape index (κ1) is 20.9. The Bertz CT molecular complexity index is 1070. The molecular weight excluding hydrogens is 409 g/mol. The van der Waals surface area contributed by atoms with Gasteiger partial charge in [-0.2, -0.15) is 18.2 Å². The molecule has 0 radical (unpaired) electrons. The molecule has 1 aromatic heterocycles. The van der Waals surface area contributed by atoms with Crippen LogP contribution in [0, 0.1) is 6.92 Å². The third-order valence-electron chi connectivity index (χ3n) is 5.30. The van der Waals surface area contributed by atoms with Crippen molar-refractivity contribution >= 4 is 17.3 Å². The number of nitrogens with one attached hydrogen (secondary N) is 1. The standard InChI is InChI=1S/C22H21F3N4O2/c1-14-26-20(31-28-14)15-9-11-29(12-10-15)21(30)18-7-2-3-8-19(18)27-17-6-4-5-16(13-17)22(23,24)25/h2-8,13,15,27H,9-12H2,1H3. The Labute approximate surface area is 177 Å². The third-order valence-corrected chi connectivity index (χ3v) is 5.30. The zero-order chi connectivity index (χ0) is 22.0. The molecule has 1 amide bonds. The van der Waals surface area contributed by atoms with Crippen molar-refractivity contribution in [2.24, 2.45) is 0 Å². The van der Waals surface area contributed by atoms with Crippen LogP contribution >= 0.6 is 0 Å². The lowest BCUT2D eigenvalue weighted by Gasteiger charge is -2.31. The molecule has 3 aromatic rings. The van der Waals surface area contributed by atoms with Crippen molar-refractivity contribution in [3.63, 3.8) is 0 Å². The molecule has 9 heteroatoms. The molecule has 4 rings (SSSR count). The maximum atomic E-state index is 13.1. The minimum absolute atomic E-state index is 0.115. The van der Waals surface area contributed by atoms with Crippen LogP contribution in [0.3, 0.4) is 0 Å². The Morgan fingerprint density at radius 2 is 1.87 bits per heavy atom. The molecule has 2 aromatic carbocycles. The minimum atomic E-state index is -4.44. The SMILES string of the molecule is Cc1noc(C2CCN(C(=O)c3ccccc3Nc3cccc(C(F)(F)F)c3)CC2)n1. The minimum Gasteiger partial charge on any atom is -0.355 e. The molecule has 2 heterocycles. The Balaban J connectivity index is 1.48. The fourth-order valence-corrected chi connectivity index (χ4v) is 3.69. The highest BCUT2D eigenvalue weighted by Crippen LogP contribution is 2.33. The third kappa shape index (κ3) is 4.70. The van der Waals surface area contributed by atoms with Crippen molar-refractivity contribution in [2.45, 2.75) is 31.9 Å². The monoisotopic (exact) mass is 430 g/mol. The summed E-state index contributed by atoms with van der Waals surface area (Å²) >= 11 is 0. The van der Waals surface area contributed by atoms with Gasteiger partial charge in [0.15, 0.2) is 5.82 Å². The van der Waals surface area contributed by atoms with Gasteiger partial charge in [-0.15, -0.1) is 0 Å². The van der Waals surface area contributed by atoms with E-state index in [-0.39, 0.29) is 17.5 Å². The van der Waals surface area contributed by atoms with E-state index in [2.05, 4.69) is 15.5 Å².